The molecule has 1 N–H and O–H groups in total. The van der Waals surface area contributed by atoms with E-state index in [-0.39, 0.29) is 11.0 Å². The van der Waals surface area contributed by atoms with Crippen molar-refractivity contribution in [1.82, 2.24) is 5.32 Å². The Morgan fingerprint density at radius 2 is 1.76 bits per heavy atom. The molecule has 0 saturated carbocycles. The van der Waals surface area contributed by atoms with Crippen LogP contribution in [0.5, 0.6) is 5.75 Å². The predicted octanol–water partition coefficient (Wildman–Crippen LogP) is 4.84. The molecule has 0 spiro atoms. The molecule has 0 aromatic heterocycles. The lowest BCUT2D eigenvalue weighted by Crippen LogP contribution is -2.43. The Balaban J connectivity index is 3.00. The van der Waals surface area contributed by atoms with E-state index in [1.807, 2.05) is 0 Å². The summed E-state index contributed by atoms with van der Waals surface area (Å²) in [7, 11) is 0. The van der Waals surface area contributed by atoms with E-state index < -0.39 is 0 Å². The molecule has 120 valence electrons. The van der Waals surface area contributed by atoms with Gasteiger partial charge in [-0.15, -0.1) is 0 Å². The summed E-state index contributed by atoms with van der Waals surface area (Å²) in [5.74, 6) is 1.03. The van der Waals surface area contributed by atoms with Crippen molar-refractivity contribution in [2.45, 2.75) is 72.3 Å². The molecule has 0 saturated heterocycles. The first kappa shape index (κ1) is 18.0. The highest BCUT2D eigenvalue weighted by Crippen LogP contribution is 2.34. The van der Waals surface area contributed by atoms with Crippen molar-refractivity contribution in [3.8, 4) is 5.75 Å². The smallest absolute Gasteiger partial charge is 0.124 e. The van der Waals surface area contributed by atoms with Crippen molar-refractivity contribution in [3.05, 3.63) is 29.3 Å². The molecule has 21 heavy (non-hydrogen) atoms. The van der Waals surface area contributed by atoms with Gasteiger partial charge in [-0.3, -0.25) is 0 Å². The third-order valence-corrected chi connectivity index (χ3v) is 3.98. The van der Waals surface area contributed by atoms with Gasteiger partial charge in [-0.1, -0.05) is 46.8 Å². The van der Waals surface area contributed by atoms with Crippen LogP contribution in [0.3, 0.4) is 0 Å². The molecule has 1 unspecified atom stereocenters. The minimum Gasteiger partial charge on any atom is -0.486 e. The number of nitrogens with one attached hydrogen (secondary N) is 1. The topological polar surface area (TPSA) is 21.3 Å². The van der Waals surface area contributed by atoms with Gasteiger partial charge in [0.15, 0.2) is 0 Å². The molecule has 0 radical (unpaired) electrons. The fourth-order valence-corrected chi connectivity index (χ4v) is 2.36. The molecule has 1 rings (SSSR count). The summed E-state index contributed by atoms with van der Waals surface area (Å²) in [6.45, 7) is 17.3. The molecule has 0 fully saturated rings. The number of hydrogen-bond acceptors (Lipinski definition) is 2. The SMILES string of the molecule is CCCNCC(C)(CC)Oc1cc(C)ccc1C(C)(C)C. The maximum atomic E-state index is 6.47. The fraction of sp³-hybridized carbons (Fsp3) is 0.684. The Hall–Kier alpha value is -1.02. The van der Waals surface area contributed by atoms with Gasteiger partial charge in [-0.2, -0.15) is 0 Å². The Kier molecular flexibility index (Phi) is 6.27. The molecule has 1 aromatic carbocycles. The van der Waals surface area contributed by atoms with E-state index in [0.29, 0.717) is 0 Å². The lowest BCUT2D eigenvalue weighted by Gasteiger charge is -2.33. The lowest BCUT2D eigenvalue weighted by atomic mass is 9.85. The summed E-state index contributed by atoms with van der Waals surface area (Å²) in [5, 5.41) is 3.49. The highest BCUT2D eigenvalue weighted by molar-refractivity contribution is 5.41. The highest BCUT2D eigenvalue weighted by Gasteiger charge is 2.27. The van der Waals surface area contributed by atoms with Crippen LogP contribution in [0.4, 0.5) is 0 Å². The number of ether oxygens (including phenoxy) is 1. The van der Waals surface area contributed by atoms with Gasteiger partial charge in [0.05, 0.1) is 0 Å². The van der Waals surface area contributed by atoms with E-state index in [1.54, 1.807) is 0 Å². The minimum absolute atomic E-state index is 0.0918. The summed E-state index contributed by atoms with van der Waals surface area (Å²) in [6, 6.07) is 6.56. The molecule has 1 atom stereocenters. The van der Waals surface area contributed by atoms with E-state index in [4.69, 9.17) is 4.74 Å². The van der Waals surface area contributed by atoms with Crippen molar-refractivity contribution in [1.29, 1.82) is 0 Å². The molecule has 0 bridgehead atoms. The van der Waals surface area contributed by atoms with Gasteiger partial charge in [0.25, 0.3) is 0 Å². The fourth-order valence-electron chi connectivity index (χ4n) is 2.36. The van der Waals surface area contributed by atoms with E-state index in [9.17, 15) is 0 Å². The van der Waals surface area contributed by atoms with Crippen molar-refractivity contribution in [3.63, 3.8) is 0 Å². The quantitative estimate of drug-likeness (QED) is 0.726. The summed E-state index contributed by atoms with van der Waals surface area (Å²) in [5.41, 5.74) is 2.46. The first-order valence-electron chi connectivity index (χ1n) is 8.22. The monoisotopic (exact) mass is 291 g/mol. The van der Waals surface area contributed by atoms with Crippen molar-refractivity contribution < 1.29 is 4.74 Å². The third kappa shape index (κ3) is 5.35. The maximum Gasteiger partial charge on any atom is 0.124 e. The zero-order chi connectivity index (χ0) is 16.1. The van der Waals surface area contributed by atoms with E-state index >= 15 is 0 Å². The molecule has 0 heterocycles. The number of hydrogen-bond donors (Lipinski definition) is 1. The van der Waals surface area contributed by atoms with Gasteiger partial charge in [0, 0.05) is 6.54 Å². The normalized spacial score (nSPS) is 14.8. The second-order valence-electron chi connectivity index (χ2n) is 7.33. The largest absolute Gasteiger partial charge is 0.486 e. The summed E-state index contributed by atoms with van der Waals surface area (Å²) in [6.07, 6.45) is 2.14. The lowest BCUT2D eigenvalue weighted by molar-refractivity contribution is 0.0814. The second-order valence-corrected chi connectivity index (χ2v) is 7.33. The van der Waals surface area contributed by atoms with Crippen LogP contribution >= 0.6 is 0 Å². The van der Waals surface area contributed by atoms with E-state index in [1.165, 1.54) is 11.1 Å². The third-order valence-electron chi connectivity index (χ3n) is 3.98. The number of rotatable bonds is 7. The summed E-state index contributed by atoms with van der Waals surface area (Å²) in [4.78, 5) is 0. The molecular weight excluding hydrogens is 258 g/mol. The molecular formula is C19H33NO. The molecule has 0 amide bonds. The van der Waals surface area contributed by atoms with E-state index in [0.717, 1.165) is 31.7 Å². The maximum absolute atomic E-state index is 6.47. The van der Waals surface area contributed by atoms with Crippen LogP contribution in [0.25, 0.3) is 0 Å². The predicted molar refractivity (Wildman–Crippen MR) is 92.4 cm³/mol. The van der Waals surface area contributed by atoms with Crippen molar-refractivity contribution in [2.24, 2.45) is 0 Å². The molecule has 0 aliphatic rings. The highest BCUT2D eigenvalue weighted by atomic mass is 16.5. The van der Waals surface area contributed by atoms with Gasteiger partial charge in [0.2, 0.25) is 0 Å². The summed E-state index contributed by atoms with van der Waals surface area (Å²) < 4.78 is 6.47. The van der Waals surface area contributed by atoms with Crippen LogP contribution in [-0.4, -0.2) is 18.7 Å². The van der Waals surface area contributed by atoms with Gasteiger partial charge in [-0.05, 0) is 55.8 Å². The Morgan fingerprint density at radius 3 is 2.29 bits per heavy atom. The van der Waals surface area contributed by atoms with Crippen LogP contribution in [-0.2, 0) is 5.41 Å². The van der Waals surface area contributed by atoms with Gasteiger partial charge in [0.1, 0.15) is 11.4 Å². The number of aryl methyl sites for hydroxylation is 1. The van der Waals surface area contributed by atoms with Crippen molar-refractivity contribution >= 4 is 0 Å². The zero-order valence-corrected chi connectivity index (χ0v) is 15.0. The van der Waals surface area contributed by atoms with Gasteiger partial charge >= 0.3 is 0 Å². The van der Waals surface area contributed by atoms with Crippen LogP contribution in [0, 0.1) is 6.92 Å². The average Bonchev–Trinajstić information content (AvgIpc) is 2.37. The molecule has 2 heteroatoms. The first-order valence-corrected chi connectivity index (χ1v) is 8.22. The van der Waals surface area contributed by atoms with Crippen LogP contribution in [0.1, 0.15) is 65.5 Å². The Morgan fingerprint density at radius 1 is 1.10 bits per heavy atom. The Labute approximate surface area is 131 Å². The van der Waals surface area contributed by atoms with Crippen LogP contribution in [0.2, 0.25) is 0 Å². The summed E-state index contributed by atoms with van der Waals surface area (Å²) >= 11 is 0. The standard InChI is InChI=1S/C19H33NO/c1-8-12-20-14-19(7,9-2)21-17-13-15(3)10-11-16(17)18(4,5)6/h10-11,13,20H,8-9,12,14H2,1-7H3. The number of benzene rings is 1. The van der Waals surface area contributed by atoms with Gasteiger partial charge in [-0.25, -0.2) is 0 Å². The molecule has 0 aliphatic carbocycles. The molecule has 2 nitrogen and oxygen atoms in total. The average molecular weight is 291 g/mol. The molecule has 0 aliphatic heterocycles. The van der Waals surface area contributed by atoms with Crippen molar-refractivity contribution in [2.75, 3.05) is 13.1 Å². The van der Waals surface area contributed by atoms with E-state index in [2.05, 4.69) is 72.0 Å². The minimum atomic E-state index is -0.164. The zero-order valence-electron chi connectivity index (χ0n) is 15.0. The first-order chi connectivity index (χ1) is 9.72. The second kappa shape index (κ2) is 7.31. The van der Waals surface area contributed by atoms with Gasteiger partial charge < -0.3 is 10.1 Å². The van der Waals surface area contributed by atoms with Crippen LogP contribution in [0.15, 0.2) is 18.2 Å². The van der Waals surface area contributed by atoms with Crippen LogP contribution < -0.4 is 10.1 Å². The molecule has 1 aromatic rings. The Bertz CT molecular complexity index is 447.